The van der Waals surface area contributed by atoms with Crippen molar-refractivity contribution in [1.29, 1.82) is 0 Å². The Hall–Kier alpha value is -2.39. The van der Waals surface area contributed by atoms with Crippen LogP contribution in [0, 0.1) is 10.1 Å². The highest BCUT2D eigenvalue weighted by Gasteiger charge is 2.37. The lowest BCUT2D eigenvalue weighted by atomic mass is 9.90. The van der Waals surface area contributed by atoms with Crippen molar-refractivity contribution in [1.82, 2.24) is 10.2 Å². The van der Waals surface area contributed by atoms with Gasteiger partial charge in [-0.15, -0.1) is 10.1 Å². The summed E-state index contributed by atoms with van der Waals surface area (Å²) in [4.78, 5) is 30.1. The van der Waals surface area contributed by atoms with Crippen LogP contribution in [-0.2, 0) is 9.63 Å². The average molecular weight is 492 g/mol. The van der Waals surface area contributed by atoms with Crippen LogP contribution in [0.5, 0.6) is 5.75 Å². The number of amides is 1. The Morgan fingerprint density at radius 3 is 2.54 bits per heavy atom. The summed E-state index contributed by atoms with van der Waals surface area (Å²) in [5.41, 5.74) is 0.701. The number of para-hydroxylation sites is 1. The molecule has 9 nitrogen and oxygen atoms in total. The van der Waals surface area contributed by atoms with E-state index in [-0.39, 0.29) is 18.6 Å². The van der Waals surface area contributed by atoms with Gasteiger partial charge < -0.3 is 24.9 Å². The van der Waals surface area contributed by atoms with E-state index in [0.717, 1.165) is 18.6 Å². The largest absolute Gasteiger partial charge is 0.491 e. The van der Waals surface area contributed by atoms with E-state index < -0.39 is 22.8 Å². The monoisotopic (exact) mass is 491 g/mol. The van der Waals surface area contributed by atoms with Crippen LogP contribution in [0.3, 0.4) is 0 Å². The SMILES string of the molecule is CC(=O)N(CC(C)(C)NCC(O)COc1ccccc1C1CCCC1)C1CCCCC1O[N+](=O)[O-]. The van der Waals surface area contributed by atoms with Gasteiger partial charge in [-0.3, -0.25) is 4.79 Å². The minimum absolute atomic E-state index is 0.142. The van der Waals surface area contributed by atoms with Crippen molar-refractivity contribution < 1.29 is 24.6 Å². The maximum atomic E-state index is 12.5. The fourth-order valence-corrected chi connectivity index (χ4v) is 5.44. The Kier molecular flexibility index (Phi) is 9.74. The van der Waals surface area contributed by atoms with Gasteiger partial charge in [-0.05, 0) is 57.1 Å². The zero-order chi connectivity index (χ0) is 25.4. The summed E-state index contributed by atoms with van der Waals surface area (Å²) in [6.45, 7) is 6.21. The number of aliphatic hydroxyl groups is 1. The van der Waals surface area contributed by atoms with Crippen molar-refractivity contribution in [2.45, 2.75) is 102 Å². The van der Waals surface area contributed by atoms with E-state index in [1.165, 1.54) is 38.2 Å². The first kappa shape index (κ1) is 27.2. The van der Waals surface area contributed by atoms with Gasteiger partial charge in [0.2, 0.25) is 5.91 Å². The van der Waals surface area contributed by atoms with Crippen LogP contribution in [0.4, 0.5) is 0 Å². The summed E-state index contributed by atoms with van der Waals surface area (Å²) < 4.78 is 6.01. The van der Waals surface area contributed by atoms with E-state index in [4.69, 9.17) is 9.57 Å². The normalized spacial score (nSPS) is 21.9. The highest BCUT2D eigenvalue weighted by atomic mass is 17.0. The molecule has 3 atom stereocenters. The molecule has 0 heterocycles. The van der Waals surface area contributed by atoms with Gasteiger partial charge in [0.05, 0.1) is 6.04 Å². The molecular weight excluding hydrogens is 450 g/mol. The summed E-state index contributed by atoms with van der Waals surface area (Å²) in [6.07, 6.45) is 6.49. The number of nitrogens with zero attached hydrogens (tertiary/aromatic N) is 2. The second-order valence-corrected chi connectivity index (χ2v) is 10.6. The summed E-state index contributed by atoms with van der Waals surface area (Å²) in [5.74, 6) is 1.23. The number of carbonyl (C=O) groups is 1. The van der Waals surface area contributed by atoms with Gasteiger partial charge in [0.25, 0.3) is 5.09 Å². The molecule has 0 radical (unpaired) electrons. The first-order chi connectivity index (χ1) is 16.7. The number of nitrogens with one attached hydrogen (secondary N) is 1. The Bertz CT molecular complexity index is 842. The molecule has 0 spiro atoms. The van der Waals surface area contributed by atoms with Gasteiger partial charge in [-0.2, -0.15) is 0 Å². The van der Waals surface area contributed by atoms with Crippen LogP contribution < -0.4 is 10.1 Å². The molecule has 0 aromatic heterocycles. The van der Waals surface area contributed by atoms with E-state index in [2.05, 4.69) is 11.4 Å². The Morgan fingerprint density at radius 1 is 1.20 bits per heavy atom. The quantitative estimate of drug-likeness (QED) is 0.337. The van der Waals surface area contributed by atoms with Crippen LogP contribution in [0.25, 0.3) is 0 Å². The van der Waals surface area contributed by atoms with Gasteiger partial charge in [0.1, 0.15) is 24.6 Å². The highest BCUT2D eigenvalue weighted by molar-refractivity contribution is 5.73. The lowest BCUT2D eigenvalue weighted by molar-refractivity contribution is -0.770. The van der Waals surface area contributed by atoms with E-state index in [1.807, 2.05) is 32.0 Å². The van der Waals surface area contributed by atoms with E-state index in [9.17, 15) is 20.0 Å². The average Bonchev–Trinajstić information content (AvgIpc) is 3.35. The molecule has 3 unspecified atom stereocenters. The first-order valence-electron chi connectivity index (χ1n) is 12.9. The van der Waals surface area contributed by atoms with Crippen LogP contribution in [0.15, 0.2) is 24.3 Å². The van der Waals surface area contributed by atoms with Crippen LogP contribution in [-0.4, -0.2) is 64.5 Å². The molecule has 35 heavy (non-hydrogen) atoms. The molecule has 2 aliphatic rings. The molecule has 1 amide bonds. The Morgan fingerprint density at radius 2 is 1.86 bits per heavy atom. The maximum absolute atomic E-state index is 12.5. The number of ether oxygens (including phenoxy) is 1. The highest BCUT2D eigenvalue weighted by Crippen LogP contribution is 2.38. The number of aliphatic hydroxyl groups excluding tert-OH is 1. The zero-order valence-corrected chi connectivity index (χ0v) is 21.3. The fourth-order valence-electron chi connectivity index (χ4n) is 5.44. The first-order valence-corrected chi connectivity index (χ1v) is 12.9. The van der Waals surface area contributed by atoms with Gasteiger partial charge in [0, 0.05) is 25.6 Å². The lowest BCUT2D eigenvalue weighted by Gasteiger charge is -2.42. The third-order valence-corrected chi connectivity index (χ3v) is 7.22. The number of hydrogen-bond donors (Lipinski definition) is 2. The van der Waals surface area contributed by atoms with Crippen molar-refractivity contribution >= 4 is 5.91 Å². The molecule has 2 fully saturated rings. The topological polar surface area (TPSA) is 114 Å². The van der Waals surface area contributed by atoms with Crippen molar-refractivity contribution in [3.05, 3.63) is 39.9 Å². The third kappa shape index (κ3) is 8.07. The molecular formula is C26H41N3O6. The molecule has 0 aliphatic heterocycles. The van der Waals surface area contributed by atoms with E-state index in [1.54, 1.807) is 4.90 Å². The van der Waals surface area contributed by atoms with Gasteiger partial charge in [-0.25, -0.2) is 0 Å². The predicted octanol–water partition coefficient (Wildman–Crippen LogP) is 3.82. The van der Waals surface area contributed by atoms with Gasteiger partial charge in [0.15, 0.2) is 0 Å². The third-order valence-electron chi connectivity index (χ3n) is 7.22. The standard InChI is InChI=1S/C26H41N3O6/c1-19(30)28(23-13-7-9-15-25(23)35-29(32)33)18-26(2,3)27-16-21(31)17-34-24-14-8-6-12-22(24)20-10-4-5-11-20/h6,8,12,14,20-21,23,25,27,31H,4-5,7,9-11,13,15-18H2,1-3H3. The Labute approximate surface area is 208 Å². The minimum atomic E-state index is -0.758. The maximum Gasteiger partial charge on any atom is 0.294 e. The molecule has 0 saturated heterocycles. The number of benzene rings is 1. The Balaban J connectivity index is 1.53. The summed E-state index contributed by atoms with van der Waals surface area (Å²) in [5, 5.41) is 24.1. The number of rotatable bonds is 12. The number of β-amino-alcohol motifs (C(OH)–C–C–N with tert-alkyl or cyclic N) is 1. The second-order valence-electron chi connectivity index (χ2n) is 10.6. The molecule has 1 aromatic carbocycles. The second kappa shape index (κ2) is 12.5. The fraction of sp³-hybridized carbons (Fsp3) is 0.731. The molecule has 9 heteroatoms. The molecule has 0 bridgehead atoms. The van der Waals surface area contributed by atoms with Crippen LogP contribution in [0.1, 0.15) is 83.6 Å². The molecule has 3 rings (SSSR count). The van der Waals surface area contributed by atoms with Gasteiger partial charge >= 0.3 is 0 Å². The van der Waals surface area contributed by atoms with E-state index >= 15 is 0 Å². The van der Waals surface area contributed by atoms with Crippen molar-refractivity contribution in [2.24, 2.45) is 0 Å². The summed E-state index contributed by atoms with van der Waals surface area (Å²) in [6, 6.07) is 7.74. The number of hydrogen-bond acceptors (Lipinski definition) is 7. The van der Waals surface area contributed by atoms with Gasteiger partial charge in [-0.1, -0.05) is 43.9 Å². The van der Waals surface area contributed by atoms with Crippen molar-refractivity contribution in [2.75, 3.05) is 19.7 Å². The van der Waals surface area contributed by atoms with E-state index in [0.29, 0.717) is 31.8 Å². The molecule has 196 valence electrons. The molecule has 2 aliphatic carbocycles. The predicted molar refractivity (Wildman–Crippen MR) is 133 cm³/mol. The molecule has 1 aromatic rings. The van der Waals surface area contributed by atoms with Crippen LogP contribution >= 0.6 is 0 Å². The van der Waals surface area contributed by atoms with Crippen LogP contribution in [0.2, 0.25) is 0 Å². The molecule has 2 saturated carbocycles. The summed E-state index contributed by atoms with van der Waals surface area (Å²) >= 11 is 0. The molecule has 2 N–H and O–H groups in total. The van der Waals surface area contributed by atoms with Crippen molar-refractivity contribution in [3.8, 4) is 5.75 Å². The smallest absolute Gasteiger partial charge is 0.294 e. The zero-order valence-electron chi connectivity index (χ0n) is 21.3. The summed E-state index contributed by atoms with van der Waals surface area (Å²) in [7, 11) is 0. The number of carbonyl (C=O) groups excluding carboxylic acids is 1. The van der Waals surface area contributed by atoms with Crippen molar-refractivity contribution in [3.63, 3.8) is 0 Å². The lowest BCUT2D eigenvalue weighted by Crippen LogP contribution is -2.58. The minimum Gasteiger partial charge on any atom is -0.491 e.